The lowest BCUT2D eigenvalue weighted by atomic mass is 9.44. The van der Waals surface area contributed by atoms with Gasteiger partial charge < -0.3 is 25.0 Å². The number of Topliss-reactive ketones (excluding diaryl/α,β-unsaturated/α-hetero) is 1. The Balaban J connectivity index is 1.19. The Bertz CT molecular complexity index is 1590. The monoisotopic (exact) mass is 619 g/mol. The molecule has 0 bridgehead atoms. The number of rotatable bonds is 6. The molecular formula is C36H39F2NO6. The number of hydrogen-bond donors (Lipinski definition) is 3. The highest BCUT2D eigenvalue weighted by Gasteiger charge is 2.80. The summed E-state index contributed by atoms with van der Waals surface area (Å²) < 4.78 is 46.4. The number of carbonyl (C=O) groups excluding carboxylic acids is 2. The molecule has 238 valence electrons. The maximum absolute atomic E-state index is 17.6. The Kier molecular flexibility index (Phi) is 7.02. The van der Waals surface area contributed by atoms with E-state index in [-0.39, 0.29) is 24.8 Å². The third kappa shape index (κ3) is 4.06. The minimum atomic E-state index is -2.28. The van der Waals surface area contributed by atoms with Crippen LogP contribution in [0.4, 0.5) is 14.5 Å². The molecule has 2 aromatic carbocycles. The highest BCUT2D eigenvalue weighted by molar-refractivity contribution is 6.01. The minimum Gasteiger partial charge on any atom is -0.390 e. The fourth-order valence-electron chi connectivity index (χ4n) is 9.53. The van der Waals surface area contributed by atoms with Crippen molar-refractivity contribution in [2.45, 2.75) is 75.5 Å². The Morgan fingerprint density at radius 2 is 1.71 bits per heavy atom. The van der Waals surface area contributed by atoms with Gasteiger partial charge in [0.1, 0.15) is 12.8 Å². The topological polar surface area (TPSA) is 105 Å². The standard InChI is InChI=1S/C36H39F2NO6/c1-33-13-12-24(41)15-27(33)28(37)16-26-25-17-31-36(30(43)19-40,34(25,2)18-29(42)35(26,33)38)45-32(44-31)22-8-4-20(5-9-22)14-21-6-10-23(39-3)11-7-21/h4-13,15,25-26,28-29,31-32,39-40,42H,14,16-19H2,1-3H3/t25-,26-,28-,29-,31+,32-,33-,34-,35-,36+/m0/s1. The van der Waals surface area contributed by atoms with Crippen LogP contribution in [0.15, 0.2) is 72.3 Å². The maximum atomic E-state index is 17.6. The van der Waals surface area contributed by atoms with Gasteiger partial charge in [0.2, 0.25) is 0 Å². The van der Waals surface area contributed by atoms with Crippen molar-refractivity contribution in [1.29, 1.82) is 0 Å². The van der Waals surface area contributed by atoms with Crippen molar-refractivity contribution < 1.29 is 38.1 Å². The van der Waals surface area contributed by atoms with E-state index in [9.17, 15) is 19.8 Å². The zero-order chi connectivity index (χ0) is 31.9. The number of benzene rings is 2. The molecule has 3 saturated carbocycles. The van der Waals surface area contributed by atoms with Crippen LogP contribution in [0.5, 0.6) is 0 Å². The molecule has 0 amide bonds. The van der Waals surface area contributed by atoms with Crippen molar-refractivity contribution in [3.8, 4) is 0 Å². The number of allylic oxidation sites excluding steroid dienone is 4. The van der Waals surface area contributed by atoms with Crippen molar-refractivity contribution in [1.82, 2.24) is 0 Å². The van der Waals surface area contributed by atoms with Crippen molar-refractivity contribution in [2.24, 2.45) is 22.7 Å². The number of aliphatic hydroxyl groups is 2. The van der Waals surface area contributed by atoms with E-state index in [4.69, 9.17) is 9.47 Å². The van der Waals surface area contributed by atoms with Crippen molar-refractivity contribution in [3.05, 3.63) is 89.0 Å². The van der Waals surface area contributed by atoms with E-state index in [0.29, 0.717) is 5.56 Å². The van der Waals surface area contributed by atoms with Crippen LogP contribution >= 0.6 is 0 Å². The summed E-state index contributed by atoms with van der Waals surface area (Å²) in [5, 5.41) is 25.0. The average molecular weight is 620 g/mol. The van der Waals surface area contributed by atoms with E-state index in [1.165, 1.54) is 12.2 Å². The lowest BCUT2D eigenvalue weighted by molar-refractivity contribution is -0.235. The first-order chi connectivity index (χ1) is 21.4. The Hall–Kier alpha value is -3.24. The highest BCUT2D eigenvalue weighted by atomic mass is 19.1. The van der Waals surface area contributed by atoms with Gasteiger partial charge >= 0.3 is 0 Å². The van der Waals surface area contributed by atoms with Gasteiger partial charge in [0.05, 0.1) is 12.2 Å². The first kappa shape index (κ1) is 30.4. The van der Waals surface area contributed by atoms with Crippen LogP contribution in [0.25, 0.3) is 0 Å². The zero-order valence-electron chi connectivity index (χ0n) is 25.6. The predicted molar refractivity (Wildman–Crippen MR) is 163 cm³/mol. The molecule has 1 heterocycles. The predicted octanol–water partition coefficient (Wildman–Crippen LogP) is 4.96. The number of aliphatic hydroxyl groups excluding tert-OH is 2. The van der Waals surface area contributed by atoms with Gasteiger partial charge in [-0.2, -0.15) is 0 Å². The summed E-state index contributed by atoms with van der Waals surface area (Å²) in [6.07, 6.45) is -0.607. The molecule has 7 rings (SSSR count). The number of alkyl halides is 2. The second kappa shape index (κ2) is 10.4. The first-order valence-electron chi connectivity index (χ1n) is 15.7. The molecule has 9 heteroatoms. The SMILES string of the molecule is CNc1ccc(Cc2ccc([C@H]3O[C@@H]4C[C@H]5[C@@H]6C[C@H](F)C7=CC(=O)C=C[C@]7(C)[C@@]6(F)[C@@H](O)C[C@]5(C)[C@]4(C(=O)CO)O3)cc2)cc1. The molecule has 0 radical (unpaired) electrons. The molecule has 1 aliphatic heterocycles. The smallest absolute Gasteiger partial charge is 0.193 e. The van der Waals surface area contributed by atoms with Gasteiger partial charge in [0, 0.05) is 35.0 Å². The number of ketones is 2. The van der Waals surface area contributed by atoms with Crippen molar-refractivity contribution in [3.63, 3.8) is 0 Å². The minimum absolute atomic E-state index is 0.0433. The van der Waals surface area contributed by atoms with E-state index < -0.39 is 76.8 Å². The third-order valence-electron chi connectivity index (χ3n) is 11.8. The van der Waals surface area contributed by atoms with E-state index in [1.54, 1.807) is 13.8 Å². The van der Waals surface area contributed by atoms with E-state index >= 15 is 8.78 Å². The van der Waals surface area contributed by atoms with E-state index in [2.05, 4.69) is 17.4 Å². The molecule has 4 fully saturated rings. The van der Waals surface area contributed by atoms with Gasteiger partial charge in [-0.05, 0) is 79.5 Å². The van der Waals surface area contributed by atoms with Gasteiger partial charge in [-0.15, -0.1) is 0 Å². The van der Waals surface area contributed by atoms with Crippen molar-refractivity contribution in [2.75, 3.05) is 19.0 Å². The van der Waals surface area contributed by atoms with Gasteiger partial charge in [-0.1, -0.05) is 49.4 Å². The summed E-state index contributed by atoms with van der Waals surface area (Å²) in [6.45, 7) is 2.51. The van der Waals surface area contributed by atoms with Gasteiger partial charge in [-0.25, -0.2) is 8.78 Å². The first-order valence-corrected chi connectivity index (χ1v) is 15.7. The Morgan fingerprint density at radius 1 is 1.04 bits per heavy atom. The molecule has 2 aromatic rings. The number of nitrogens with one attached hydrogen (secondary N) is 1. The van der Waals surface area contributed by atoms with Crippen LogP contribution < -0.4 is 5.32 Å². The second-order valence-electron chi connectivity index (χ2n) is 13.9. The second-order valence-corrected chi connectivity index (χ2v) is 13.9. The molecule has 0 unspecified atom stereocenters. The zero-order valence-corrected chi connectivity index (χ0v) is 25.6. The molecule has 7 nitrogen and oxygen atoms in total. The van der Waals surface area contributed by atoms with Crippen LogP contribution in [0.2, 0.25) is 0 Å². The lowest BCUT2D eigenvalue weighted by Gasteiger charge is -2.63. The summed E-state index contributed by atoms with van der Waals surface area (Å²) in [4.78, 5) is 25.9. The van der Waals surface area contributed by atoms with Gasteiger partial charge in [0.15, 0.2) is 29.1 Å². The highest BCUT2D eigenvalue weighted by Crippen LogP contribution is 2.72. The molecule has 3 N–H and O–H groups in total. The summed E-state index contributed by atoms with van der Waals surface area (Å²) in [6, 6.07) is 15.9. The molecule has 10 atom stereocenters. The maximum Gasteiger partial charge on any atom is 0.193 e. The quantitative estimate of drug-likeness (QED) is 0.420. The molecule has 5 aliphatic rings. The van der Waals surface area contributed by atoms with Crippen LogP contribution in [0.3, 0.4) is 0 Å². The van der Waals surface area contributed by atoms with Crippen molar-refractivity contribution >= 4 is 17.3 Å². The average Bonchev–Trinajstić information content (AvgIpc) is 3.53. The van der Waals surface area contributed by atoms with Crippen LogP contribution in [-0.4, -0.2) is 65.1 Å². The summed E-state index contributed by atoms with van der Waals surface area (Å²) >= 11 is 0. The number of fused-ring (bicyclic) bond motifs is 7. The molecule has 1 saturated heterocycles. The fraction of sp³-hybridized carbons (Fsp3) is 0.500. The van der Waals surface area contributed by atoms with E-state index in [1.807, 2.05) is 43.4 Å². The van der Waals surface area contributed by atoms with Crippen LogP contribution in [-0.2, 0) is 25.5 Å². The van der Waals surface area contributed by atoms with Crippen LogP contribution in [0.1, 0.15) is 56.1 Å². The largest absolute Gasteiger partial charge is 0.390 e. The summed E-state index contributed by atoms with van der Waals surface area (Å²) in [7, 11) is 1.87. The van der Waals surface area contributed by atoms with Crippen LogP contribution in [0, 0.1) is 22.7 Å². The Labute approximate surface area is 261 Å². The number of hydrogen-bond acceptors (Lipinski definition) is 7. The van der Waals surface area contributed by atoms with Gasteiger partial charge in [0.25, 0.3) is 0 Å². The lowest BCUT2D eigenvalue weighted by Crippen LogP contribution is -2.70. The number of halogens is 2. The molecule has 45 heavy (non-hydrogen) atoms. The normalized spacial score (nSPS) is 41.5. The summed E-state index contributed by atoms with van der Waals surface area (Å²) in [5.41, 5.74) is -2.62. The van der Waals surface area contributed by atoms with Gasteiger partial charge in [-0.3, -0.25) is 9.59 Å². The third-order valence-corrected chi connectivity index (χ3v) is 11.8. The number of ether oxygens (including phenoxy) is 2. The molecule has 4 aliphatic carbocycles. The molecule has 0 aromatic heterocycles. The fourth-order valence-corrected chi connectivity index (χ4v) is 9.53. The molecular weight excluding hydrogens is 580 g/mol. The Morgan fingerprint density at radius 3 is 2.36 bits per heavy atom. The summed E-state index contributed by atoms with van der Waals surface area (Å²) in [5.74, 6) is -2.58. The van der Waals surface area contributed by atoms with E-state index in [0.717, 1.165) is 29.3 Å². The molecule has 0 spiro atoms. The number of anilines is 1. The number of carbonyl (C=O) groups is 2.